The fraction of sp³-hybridized carbons (Fsp3) is 0.176. The van der Waals surface area contributed by atoms with Gasteiger partial charge in [0.25, 0.3) is 0 Å². The average molecular weight is 321 g/mol. The number of aromatic nitrogens is 4. The van der Waals surface area contributed by atoms with Crippen LogP contribution in [0.4, 0.5) is 23.1 Å². The molecular formula is C17H19N7. The lowest BCUT2D eigenvalue weighted by Gasteiger charge is -2.13. The molecule has 0 bridgehead atoms. The highest BCUT2D eigenvalue weighted by atomic mass is 15.3. The van der Waals surface area contributed by atoms with Gasteiger partial charge in [0.15, 0.2) is 5.82 Å². The summed E-state index contributed by atoms with van der Waals surface area (Å²) in [6, 6.07) is 12.0. The van der Waals surface area contributed by atoms with Gasteiger partial charge in [-0.15, -0.1) is 5.10 Å². The van der Waals surface area contributed by atoms with Crippen LogP contribution in [-0.2, 0) is 6.54 Å². The summed E-state index contributed by atoms with van der Waals surface area (Å²) in [6.07, 6.45) is 5.14. The summed E-state index contributed by atoms with van der Waals surface area (Å²) in [5, 5.41) is 14.3. The smallest absolute Gasteiger partial charge is 0.244 e. The lowest BCUT2D eigenvalue weighted by Crippen LogP contribution is -2.08. The van der Waals surface area contributed by atoms with E-state index in [0.29, 0.717) is 18.3 Å². The van der Waals surface area contributed by atoms with Gasteiger partial charge in [0.1, 0.15) is 0 Å². The van der Waals surface area contributed by atoms with Crippen molar-refractivity contribution in [2.24, 2.45) is 0 Å². The van der Waals surface area contributed by atoms with Gasteiger partial charge in [-0.25, -0.2) is 0 Å². The molecule has 7 nitrogen and oxygen atoms in total. The Morgan fingerprint density at radius 3 is 2.58 bits per heavy atom. The van der Waals surface area contributed by atoms with Crippen molar-refractivity contribution in [1.82, 2.24) is 20.2 Å². The van der Waals surface area contributed by atoms with E-state index in [1.54, 1.807) is 18.6 Å². The molecule has 0 radical (unpaired) electrons. The Bertz CT molecular complexity index is 772. The standard InChI is InChI=1S/C17H19N7/c1-24(2)15-7-5-14(6-8-15)21-16-12-20-23-17(22-16)19-11-13-4-3-9-18-10-13/h3-10,12H,11H2,1-2H3,(H2,19,21,22,23). The third-order valence-electron chi connectivity index (χ3n) is 3.39. The molecule has 24 heavy (non-hydrogen) atoms. The van der Waals surface area contributed by atoms with Crippen molar-refractivity contribution in [3.63, 3.8) is 0 Å². The van der Waals surface area contributed by atoms with Gasteiger partial charge in [-0.2, -0.15) is 10.1 Å². The Kier molecular flexibility index (Phi) is 4.81. The van der Waals surface area contributed by atoms with Crippen LogP contribution < -0.4 is 15.5 Å². The zero-order valence-electron chi connectivity index (χ0n) is 13.6. The van der Waals surface area contributed by atoms with Crippen LogP contribution in [-0.4, -0.2) is 34.3 Å². The summed E-state index contributed by atoms with van der Waals surface area (Å²) in [5.41, 5.74) is 3.14. The highest BCUT2D eigenvalue weighted by Gasteiger charge is 2.02. The number of pyridine rings is 1. The van der Waals surface area contributed by atoms with Crippen molar-refractivity contribution >= 4 is 23.1 Å². The number of nitrogens with zero attached hydrogens (tertiary/aromatic N) is 5. The monoisotopic (exact) mass is 321 g/mol. The molecule has 0 amide bonds. The molecule has 0 aliphatic rings. The zero-order valence-corrected chi connectivity index (χ0v) is 13.6. The number of rotatable bonds is 6. The molecule has 0 unspecified atom stereocenters. The lowest BCUT2D eigenvalue weighted by atomic mass is 10.2. The van der Waals surface area contributed by atoms with E-state index in [-0.39, 0.29) is 0 Å². The quantitative estimate of drug-likeness (QED) is 0.722. The first kappa shape index (κ1) is 15.7. The number of hydrogen-bond acceptors (Lipinski definition) is 7. The molecular weight excluding hydrogens is 302 g/mol. The van der Waals surface area contributed by atoms with Crippen LogP contribution in [0.1, 0.15) is 5.56 Å². The fourth-order valence-electron chi connectivity index (χ4n) is 2.11. The molecule has 1 aromatic carbocycles. The maximum Gasteiger partial charge on any atom is 0.244 e. The predicted octanol–water partition coefficient (Wildman–Crippen LogP) is 2.69. The molecule has 0 aliphatic carbocycles. The van der Waals surface area contributed by atoms with E-state index >= 15 is 0 Å². The van der Waals surface area contributed by atoms with Gasteiger partial charge < -0.3 is 15.5 Å². The van der Waals surface area contributed by atoms with Crippen LogP contribution in [0.2, 0.25) is 0 Å². The second-order valence-electron chi connectivity index (χ2n) is 5.45. The SMILES string of the molecule is CN(C)c1ccc(Nc2cnnc(NCc3cccnc3)n2)cc1. The molecule has 0 aliphatic heterocycles. The maximum absolute atomic E-state index is 4.41. The van der Waals surface area contributed by atoms with Crippen molar-refractivity contribution < 1.29 is 0 Å². The van der Waals surface area contributed by atoms with Crippen molar-refractivity contribution in [2.75, 3.05) is 29.6 Å². The molecule has 3 rings (SSSR count). The van der Waals surface area contributed by atoms with Crippen LogP contribution in [0.3, 0.4) is 0 Å². The minimum Gasteiger partial charge on any atom is -0.378 e. The molecule has 0 spiro atoms. The summed E-state index contributed by atoms with van der Waals surface area (Å²) in [7, 11) is 4.02. The van der Waals surface area contributed by atoms with E-state index in [2.05, 4.69) is 35.7 Å². The van der Waals surface area contributed by atoms with Gasteiger partial charge in [-0.05, 0) is 35.9 Å². The number of anilines is 4. The Balaban J connectivity index is 1.64. The van der Waals surface area contributed by atoms with Crippen molar-refractivity contribution in [3.8, 4) is 0 Å². The van der Waals surface area contributed by atoms with Gasteiger partial charge >= 0.3 is 0 Å². The number of nitrogens with one attached hydrogen (secondary N) is 2. The summed E-state index contributed by atoms with van der Waals surface area (Å²) in [6.45, 7) is 0.594. The second kappa shape index (κ2) is 7.36. The van der Waals surface area contributed by atoms with E-state index in [1.807, 2.05) is 50.5 Å². The van der Waals surface area contributed by atoms with Gasteiger partial charge in [0, 0.05) is 44.4 Å². The molecule has 0 atom stereocenters. The Morgan fingerprint density at radius 2 is 1.88 bits per heavy atom. The minimum atomic E-state index is 0.466. The summed E-state index contributed by atoms with van der Waals surface area (Å²) in [5.74, 6) is 1.10. The topological polar surface area (TPSA) is 78.9 Å². The van der Waals surface area contributed by atoms with Crippen molar-refractivity contribution in [2.45, 2.75) is 6.54 Å². The van der Waals surface area contributed by atoms with Crippen LogP contribution in [0.25, 0.3) is 0 Å². The normalized spacial score (nSPS) is 10.2. The molecule has 0 saturated heterocycles. The van der Waals surface area contributed by atoms with Gasteiger partial charge in [0.05, 0.1) is 6.20 Å². The zero-order chi connectivity index (χ0) is 16.8. The first-order chi connectivity index (χ1) is 11.7. The summed E-state index contributed by atoms with van der Waals surface area (Å²) < 4.78 is 0. The van der Waals surface area contributed by atoms with Crippen LogP contribution in [0.5, 0.6) is 0 Å². The highest BCUT2D eigenvalue weighted by molar-refractivity contribution is 5.60. The first-order valence-corrected chi connectivity index (χ1v) is 7.57. The van der Waals surface area contributed by atoms with E-state index in [0.717, 1.165) is 16.9 Å². The Labute approximate surface area is 140 Å². The highest BCUT2D eigenvalue weighted by Crippen LogP contribution is 2.19. The average Bonchev–Trinajstić information content (AvgIpc) is 2.62. The van der Waals surface area contributed by atoms with Gasteiger partial charge in [0.2, 0.25) is 5.95 Å². The van der Waals surface area contributed by atoms with E-state index < -0.39 is 0 Å². The summed E-state index contributed by atoms with van der Waals surface area (Å²) in [4.78, 5) is 10.5. The molecule has 122 valence electrons. The van der Waals surface area contributed by atoms with Crippen molar-refractivity contribution in [3.05, 3.63) is 60.6 Å². The molecule has 2 aromatic heterocycles. The number of benzene rings is 1. The molecule has 0 saturated carbocycles. The van der Waals surface area contributed by atoms with E-state index in [1.165, 1.54) is 0 Å². The van der Waals surface area contributed by atoms with Crippen molar-refractivity contribution in [1.29, 1.82) is 0 Å². The summed E-state index contributed by atoms with van der Waals surface area (Å²) >= 11 is 0. The van der Waals surface area contributed by atoms with Crippen LogP contribution in [0, 0.1) is 0 Å². The Hall–Kier alpha value is -3.22. The minimum absolute atomic E-state index is 0.466. The second-order valence-corrected chi connectivity index (χ2v) is 5.45. The van der Waals surface area contributed by atoms with Gasteiger partial charge in [-0.1, -0.05) is 6.07 Å². The molecule has 2 N–H and O–H groups in total. The van der Waals surface area contributed by atoms with Gasteiger partial charge in [-0.3, -0.25) is 4.98 Å². The third-order valence-corrected chi connectivity index (χ3v) is 3.39. The fourth-order valence-corrected chi connectivity index (χ4v) is 2.11. The number of hydrogen-bond donors (Lipinski definition) is 2. The van der Waals surface area contributed by atoms with E-state index in [9.17, 15) is 0 Å². The lowest BCUT2D eigenvalue weighted by molar-refractivity contribution is 0.946. The third kappa shape index (κ3) is 4.16. The predicted molar refractivity (Wildman–Crippen MR) is 95.4 cm³/mol. The van der Waals surface area contributed by atoms with Crippen LogP contribution in [0.15, 0.2) is 55.0 Å². The molecule has 2 heterocycles. The molecule has 3 aromatic rings. The van der Waals surface area contributed by atoms with Crippen LogP contribution >= 0.6 is 0 Å². The maximum atomic E-state index is 4.41. The Morgan fingerprint density at radius 1 is 1.04 bits per heavy atom. The van der Waals surface area contributed by atoms with E-state index in [4.69, 9.17) is 0 Å². The largest absolute Gasteiger partial charge is 0.378 e. The molecule has 7 heteroatoms. The molecule has 0 fully saturated rings. The first-order valence-electron chi connectivity index (χ1n) is 7.57.